The molecule has 1 aromatic heterocycles. The third-order valence-electron chi connectivity index (χ3n) is 4.89. The molecule has 3 N–H and O–H groups in total. The second-order valence-corrected chi connectivity index (χ2v) is 7.25. The molecule has 1 saturated heterocycles. The van der Waals surface area contributed by atoms with Gasteiger partial charge in [-0.3, -0.25) is 0 Å². The Hall–Kier alpha value is -1.53. The monoisotopic (exact) mass is 337 g/mol. The molecule has 136 valence electrons. The summed E-state index contributed by atoms with van der Waals surface area (Å²) >= 11 is 0. The van der Waals surface area contributed by atoms with Crippen molar-refractivity contribution in [3.63, 3.8) is 0 Å². The Morgan fingerprint density at radius 2 is 2.04 bits per heavy atom. The van der Waals surface area contributed by atoms with Gasteiger partial charge in [0.25, 0.3) is 0 Å². The number of nitrogens with one attached hydrogen (secondary N) is 2. The van der Waals surface area contributed by atoms with Crippen LogP contribution in [0, 0.1) is 19.8 Å². The van der Waals surface area contributed by atoms with E-state index in [2.05, 4.69) is 22.6 Å². The van der Waals surface area contributed by atoms with Gasteiger partial charge in [-0.05, 0) is 72.2 Å². The number of piperidine rings is 1. The molecular weight excluding hydrogens is 306 g/mol. The summed E-state index contributed by atoms with van der Waals surface area (Å²) in [6.07, 6.45) is 3.42. The number of likely N-dealkylation sites (tertiary alicyclic amines) is 1. The van der Waals surface area contributed by atoms with Crippen LogP contribution >= 0.6 is 0 Å². The maximum atomic E-state index is 11.9. The summed E-state index contributed by atoms with van der Waals surface area (Å²) in [4.78, 5) is 14.3. The number of rotatable bonds is 6. The van der Waals surface area contributed by atoms with E-state index in [9.17, 15) is 9.90 Å². The minimum absolute atomic E-state index is 0.146. The first-order valence-electron chi connectivity index (χ1n) is 8.78. The number of urea groups is 1. The summed E-state index contributed by atoms with van der Waals surface area (Å²) in [5.41, 5.74) is -0.431. The van der Waals surface area contributed by atoms with Crippen molar-refractivity contribution in [3.05, 3.63) is 23.2 Å². The average Bonchev–Trinajstić information content (AvgIpc) is 2.87. The molecule has 0 bridgehead atoms. The second-order valence-electron chi connectivity index (χ2n) is 7.25. The van der Waals surface area contributed by atoms with Crippen LogP contribution in [0.15, 0.2) is 10.5 Å². The van der Waals surface area contributed by atoms with Crippen molar-refractivity contribution < 1.29 is 14.3 Å². The molecule has 2 heterocycles. The molecule has 0 aliphatic carbocycles. The van der Waals surface area contributed by atoms with E-state index in [1.54, 1.807) is 6.92 Å². The molecule has 6 nitrogen and oxygen atoms in total. The van der Waals surface area contributed by atoms with E-state index in [1.807, 2.05) is 19.9 Å². The number of nitrogens with zero attached hydrogens (tertiary/aromatic N) is 1. The quantitative estimate of drug-likeness (QED) is 0.743. The van der Waals surface area contributed by atoms with Gasteiger partial charge >= 0.3 is 6.03 Å². The fourth-order valence-electron chi connectivity index (χ4n) is 3.32. The first-order chi connectivity index (χ1) is 11.3. The summed E-state index contributed by atoms with van der Waals surface area (Å²) in [7, 11) is 2.15. The molecule has 2 rings (SSSR count). The van der Waals surface area contributed by atoms with Crippen LogP contribution in [-0.2, 0) is 5.60 Å². The van der Waals surface area contributed by atoms with E-state index in [1.165, 1.54) is 12.8 Å². The summed E-state index contributed by atoms with van der Waals surface area (Å²) in [5, 5.41) is 16.2. The van der Waals surface area contributed by atoms with Crippen LogP contribution < -0.4 is 10.6 Å². The highest BCUT2D eigenvalue weighted by molar-refractivity contribution is 5.73. The average molecular weight is 337 g/mol. The van der Waals surface area contributed by atoms with Gasteiger partial charge in [0, 0.05) is 12.1 Å². The Morgan fingerprint density at radius 3 is 2.62 bits per heavy atom. The van der Waals surface area contributed by atoms with E-state index in [4.69, 9.17) is 4.42 Å². The minimum Gasteiger partial charge on any atom is -0.466 e. The molecule has 2 amide bonds. The van der Waals surface area contributed by atoms with Gasteiger partial charge in [0.15, 0.2) is 0 Å². The number of furan rings is 1. The van der Waals surface area contributed by atoms with E-state index in [-0.39, 0.29) is 12.6 Å². The Kier molecular flexibility index (Phi) is 6.29. The summed E-state index contributed by atoms with van der Waals surface area (Å²) < 4.78 is 5.46. The maximum absolute atomic E-state index is 11.9. The van der Waals surface area contributed by atoms with Crippen LogP contribution in [0.3, 0.4) is 0 Å². The zero-order valence-electron chi connectivity index (χ0n) is 15.3. The Balaban J connectivity index is 1.70. The molecule has 1 unspecified atom stereocenters. The number of carbonyl (C=O) groups excluding carboxylic acids is 1. The van der Waals surface area contributed by atoms with Crippen molar-refractivity contribution in [1.29, 1.82) is 0 Å². The zero-order chi connectivity index (χ0) is 17.7. The van der Waals surface area contributed by atoms with Crippen molar-refractivity contribution in [2.24, 2.45) is 5.92 Å². The normalized spacial score (nSPS) is 19.0. The van der Waals surface area contributed by atoms with Crippen molar-refractivity contribution in [2.75, 3.05) is 33.2 Å². The highest BCUT2D eigenvalue weighted by atomic mass is 16.3. The van der Waals surface area contributed by atoms with Crippen LogP contribution in [-0.4, -0.2) is 49.3 Å². The molecule has 1 aliphatic heterocycles. The SMILES string of the molecule is Cc1cc(C(C)(O)CNC(=O)NCCC2CCN(C)CC2)c(C)o1. The molecule has 6 heteroatoms. The molecule has 0 spiro atoms. The number of amides is 2. The molecule has 1 aromatic rings. The van der Waals surface area contributed by atoms with Crippen molar-refractivity contribution in [1.82, 2.24) is 15.5 Å². The summed E-state index contributed by atoms with van der Waals surface area (Å²) in [5.74, 6) is 2.13. The molecule has 24 heavy (non-hydrogen) atoms. The van der Waals surface area contributed by atoms with Gasteiger partial charge in [-0.2, -0.15) is 0 Å². The third-order valence-corrected chi connectivity index (χ3v) is 4.89. The lowest BCUT2D eigenvalue weighted by Crippen LogP contribution is -2.44. The predicted octanol–water partition coefficient (Wildman–Crippen LogP) is 2.14. The van der Waals surface area contributed by atoms with Crippen LogP contribution in [0.4, 0.5) is 4.79 Å². The van der Waals surface area contributed by atoms with E-state index in [0.717, 1.165) is 25.3 Å². The number of hydrogen-bond donors (Lipinski definition) is 3. The fraction of sp³-hybridized carbons (Fsp3) is 0.722. The molecular formula is C18H31N3O3. The Labute approximate surface area is 144 Å². The van der Waals surface area contributed by atoms with Gasteiger partial charge < -0.3 is 25.1 Å². The molecule has 0 aromatic carbocycles. The van der Waals surface area contributed by atoms with Gasteiger partial charge in [0.05, 0.1) is 6.54 Å². The van der Waals surface area contributed by atoms with Crippen molar-refractivity contribution in [3.8, 4) is 0 Å². The molecule has 1 atom stereocenters. The largest absolute Gasteiger partial charge is 0.466 e. The van der Waals surface area contributed by atoms with Crippen LogP contribution in [0.2, 0.25) is 0 Å². The van der Waals surface area contributed by atoms with Crippen molar-refractivity contribution >= 4 is 6.03 Å². The number of carbonyl (C=O) groups is 1. The summed E-state index contributed by atoms with van der Waals surface area (Å²) in [6.45, 7) is 8.45. The van der Waals surface area contributed by atoms with E-state index in [0.29, 0.717) is 23.8 Å². The van der Waals surface area contributed by atoms with Crippen LogP contribution in [0.5, 0.6) is 0 Å². The first kappa shape index (κ1) is 18.8. The second kappa shape index (κ2) is 8.03. The highest BCUT2D eigenvalue weighted by Crippen LogP contribution is 2.26. The molecule has 0 saturated carbocycles. The number of hydrogen-bond acceptors (Lipinski definition) is 4. The molecule has 1 fully saturated rings. The topological polar surface area (TPSA) is 77.7 Å². The number of aryl methyl sites for hydroxylation is 2. The summed E-state index contributed by atoms with van der Waals surface area (Å²) in [6, 6.07) is 1.58. The lowest BCUT2D eigenvalue weighted by molar-refractivity contribution is 0.0578. The number of aliphatic hydroxyl groups is 1. The molecule has 0 radical (unpaired) electrons. The Bertz CT molecular complexity index is 546. The van der Waals surface area contributed by atoms with Gasteiger partial charge in [0.1, 0.15) is 17.1 Å². The standard InChI is InChI=1S/C18H31N3O3/c1-13-11-16(14(2)24-13)18(3,23)12-20-17(22)19-8-5-15-6-9-21(4)10-7-15/h11,15,23H,5-10,12H2,1-4H3,(H2,19,20,22). The van der Waals surface area contributed by atoms with Crippen molar-refractivity contribution in [2.45, 2.75) is 45.6 Å². The highest BCUT2D eigenvalue weighted by Gasteiger charge is 2.28. The lowest BCUT2D eigenvalue weighted by Gasteiger charge is -2.29. The van der Waals surface area contributed by atoms with Gasteiger partial charge in [-0.15, -0.1) is 0 Å². The zero-order valence-corrected chi connectivity index (χ0v) is 15.3. The minimum atomic E-state index is -1.15. The first-order valence-corrected chi connectivity index (χ1v) is 8.78. The van der Waals surface area contributed by atoms with Gasteiger partial charge in [-0.25, -0.2) is 4.79 Å². The van der Waals surface area contributed by atoms with Crippen LogP contribution in [0.25, 0.3) is 0 Å². The predicted molar refractivity (Wildman–Crippen MR) is 94.0 cm³/mol. The van der Waals surface area contributed by atoms with Crippen LogP contribution in [0.1, 0.15) is 43.3 Å². The maximum Gasteiger partial charge on any atom is 0.314 e. The van der Waals surface area contributed by atoms with E-state index >= 15 is 0 Å². The fourth-order valence-corrected chi connectivity index (χ4v) is 3.32. The van der Waals surface area contributed by atoms with Gasteiger partial charge in [-0.1, -0.05) is 0 Å². The lowest BCUT2D eigenvalue weighted by atomic mass is 9.94. The van der Waals surface area contributed by atoms with E-state index < -0.39 is 5.60 Å². The molecule has 1 aliphatic rings. The Morgan fingerprint density at radius 1 is 1.38 bits per heavy atom. The van der Waals surface area contributed by atoms with Gasteiger partial charge in [0.2, 0.25) is 0 Å². The third kappa shape index (κ3) is 5.24. The smallest absolute Gasteiger partial charge is 0.314 e.